The summed E-state index contributed by atoms with van der Waals surface area (Å²) in [6.45, 7) is 2.67. The van der Waals surface area contributed by atoms with Crippen LogP contribution in [0.1, 0.15) is 18.9 Å². The zero-order chi connectivity index (χ0) is 10.4. The van der Waals surface area contributed by atoms with Gasteiger partial charge in [0.15, 0.2) is 0 Å². The van der Waals surface area contributed by atoms with E-state index in [4.69, 9.17) is 4.74 Å². The van der Waals surface area contributed by atoms with Crippen LogP contribution in [0.25, 0.3) is 0 Å². The van der Waals surface area contributed by atoms with Gasteiger partial charge in [0, 0.05) is 12.4 Å². The molecule has 76 valence electrons. The van der Waals surface area contributed by atoms with E-state index in [-0.39, 0.29) is 6.42 Å². The number of carboxylic acid groups (broad SMARTS) is 1. The van der Waals surface area contributed by atoms with E-state index in [1.165, 1.54) is 0 Å². The molecule has 0 fully saturated rings. The van der Waals surface area contributed by atoms with Gasteiger partial charge in [-0.15, -0.1) is 0 Å². The van der Waals surface area contributed by atoms with Crippen LogP contribution in [0.3, 0.4) is 0 Å². The number of carbonyl (C=O) groups excluding carboxylic acids is 1. The van der Waals surface area contributed by atoms with Crippen LogP contribution >= 0.6 is 0 Å². The van der Waals surface area contributed by atoms with E-state index in [0.29, 0.717) is 17.9 Å². The molecule has 1 aromatic rings. The first-order chi connectivity index (χ1) is 6.72. The lowest BCUT2D eigenvalue weighted by Gasteiger charge is -2.07. The molecule has 0 aliphatic carbocycles. The Kier molecular flexibility index (Phi) is 3.98. The second-order valence-electron chi connectivity index (χ2n) is 3.04. The van der Waals surface area contributed by atoms with Crippen molar-refractivity contribution >= 4 is 5.97 Å². The Morgan fingerprint density at radius 2 is 2.29 bits per heavy atom. The molecule has 0 amide bonds. The predicted octanol–water partition coefficient (Wildman–Crippen LogP) is 0.768. The van der Waals surface area contributed by atoms with Crippen molar-refractivity contribution in [3.8, 4) is 5.75 Å². The second-order valence-corrected chi connectivity index (χ2v) is 3.04. The summed E-state index contributed by atoms with van der Waals surface area (Å²) >= 11 is 0. The lowest BCUT2D eigenvalue weighted by molar-refractivity contribution is -0.304. The zero-order valence-electron chi connectivity index (χ0n) is 8.16. The highest BCUT2D eigenvalue weighted by Crippen LogP contribution is 2.13. The fourth-order valence-corrected chi connectivity index (χ4v) is 1.13. The number of carboxylic acids is 1. The quantitative estimate of drug-likeness (QED) is 0.694. The standard InChI is InChI=1S/C11H14O3/c1-2-6-14-10-5-3-4-9(7-10)8-11(12)13/h3-5,7H,2,6,8H2,1H3,(H,12,13)/p-1. The van der Waals surface area contributed by atoms with Gasteiger partial charge in [0.05, 0.1) is 6.61 Å². The molecule has 0 N–H and O–H groups in total. The Morgan fingerprint density at radius 1 is 1.50 bits per heavy atom. The topological polar surface area (TPSA) is 49.4 Å². The van der Waals surface area contributed by atoms with Crippen molar-refractivity contribution in [3.05, 3.63) is 29.8 Å². The molecule has 0 spiro atoms. The molecule has 1 aromatic carbocycles. The highest BCUT2D eigenvalue weighted by Gasteiger charge is 1.96. The molecule has 0 atom stereocenters. The largest absolute Gasteiger partial charge is 0.550 e. The number of ether oxygens (including phenoxy) is 1. The summed E-state index contributed by atoms with van der Waals surface area (Å²) < 4.78 is 5.36. The normalized spacial score (nSPS) is 9.79. The Balaban J connectivity index is 2.63. The average Bonchev–Trinajstić information content (AvgIpc) is 2.14. The van der Waals surface area contributed by atoms with Gasteiger partial charge in [0.1, 0.15) is 5.75 Å². The Bertz CT molecular complexity index is 307. The molecule has 0 bridgehead atoms. The average molecular weight is 193 g/mol. The van der Waals surface area contributed by atoms with Crippen LogP contribution in [0, 0.1) is 0 Å². The highest BCUT2D eigenvalue weighted by molar-refractivity contribution is 5.68. The lowest BCUT2D eigenvalue weighted by Crippen LogP contribution is -2.24. The molecule has 0 saturated heterocycles. The number of hydrogen-bond donors (Lipinski definition) is 0. The summed E-state index contributed by atoms with van der Waals surface area (Å²) in [4.78, 5) is 10.3. The first-order valence-corrected chi connectivity index (χ1v) is 4.64. The molecule has 0 saturated carbocycles. The van der Waals surface area contributed by atoms with Crippen molar-refractivity contribution in [1.82, 2.24) is 0 Å². The summed E-state index contributed by atoms with van der Waals surface area (Å²) in [6.07, 6.45) is 0.869. The minimum Gasteiger partial charge on any atom is -0.550 e. The molecular formula is C11H13O3-. The third kappa shape index (κ3) is 3.47. The number of rotatable bonds is 5. The van der Waals surface area contributed by atoms with Gasteiger partial charge in [-0.3, -0.25) is 0 Å². The van der Waals surface area contributed by atoms with Crippen molar-refractivity contribution in [2.24, 2.45) is 0 Å². The SMILES string of the molecule is CCCOc1cccc(CC(=O)[O-])c1. The van der Waals surface area contributed by atoms with Gasteiger partial charge in [-0.2, -0.15) is 0 Å². The van der Waals surface area contributed by atoms with Crippen LogP contribution in [0.4, 0.5) is 0 Å². The monoisotopic (exact) mass is 193 g/mol. The van der Waals surface area contributed by atoms with E-state index >= 15 is 0 Å². The number of carbonyl (C=O) groups is 1. The third-order valence-electron chi connectivity index (χ3n) is 1.72. The minimum atomic E-state index is -1.07. The molecule has 1 rings (SSSR count). The van der Waals surface area contributed by atoms with E-state index in [0.717, 1.165) is 6.42 Å². The van der Waals surface area contributed by atoms with Crippen LogP contribution < -0.4 is 9.84 Å². The van der Waals surface area contributed by atoms with E-state index in [9.17, 15) is 9.90 Å². The third-order valence-corrected chi connectivity index (χ3v) is 1.72. The van der Waals surface area contributed by atoms with Gasteiger partial charge in [-0.05, 0) is 24.1 Å². The maximum atomic E-state index is 10.3. The van der Waals surface area contributed by atoms with E-state index in [1.54, 1.807) is 18.2 Å². The maximum absolute atomic E-state index is 10.3. The molecule has 3 nitrogen and oxygen atoms in total. The van der Waals surface area contributed by atoms with E-state index in [1.807, 2.05) is 13.0 Å². The molecule has 0 heterocycles. The van der Waals surface area contributed by atoms with Gasteiger partial charge < -0.3 is 14.6 Å². The van der Waals surface area contributed by atoms with Crippen molar-refractivity contribution in [1.29, 1.82) is 0 Å². The number of aliphatic carboxylic acids is 1. The fourth-order valence-electron chi connectivity index (χ4n) is 1.13. The summed E-state index contributed by atoms with van der Waals surface area (Å²) in [6, 6.07) is 7.07. The molecule has 0 aromatic heterocycles. The molecular weight excluding hydrogens is 180 g/mol. The lowest BCUT2D eigenvalue weighted by atomic mass is 10.1. The summed E-state index contributed by atoms with van der Waals surface area (Å²) in [5.74, 6) is -0.358. The molecule has 14 heavy (non-hydrogen) atoms. The predicted molar refractivity (Wildman–Crippen MR) is 50.9 cm³/mol. The molecule has 0 aliphatic rings. The van der Waals surface area contributed by atoms with Crippen LogP contribution in [0.15, 0.2) is 24.3 Å². The molecule has 0 radical (unpaired) electrons. The van der Waals surface area contributed by atoms with Gasteiger partial charge in [0.25, 0.3) is 0 Å². The first kappa shape index (κ1) is 10.6. The Morgan fingerprint density at radius 3 is 2.93 bits per heavy atom. The second kappa shape index (κ2) is 5.27. The van der Waals surface area contributed by atoms with Crippen LogP contribution in [-0.2, 0) is 11.2 Å². The maximum Gasteiger partial charge on any atom is 0.119 e. The number of benzene rings is 1. The Labute approximate surface area is 83.3 Å². The summed E-state index contributed by atoms with van der Waals surface area (Å²) in [5, 5.41) is 10.3. The highest BCUT2D eigenvalue weighted by atomic mass is 16.5. The Hall–Kier alpha value is -1.51. The van der Waals surface area contributed by atoms with Crippen molar-refractivity contribution in [2.75, 3.05) is 6.61 Å². The van der Waals surface area contributed by atoms with Gasteiger partial charge in [-0.25, -0.2) is 0 Å². The van der Waals surface area contributed by atoms with Crippen molar-refractivity contribution < 1.29 is 14.6 Å². The van der Waals surface area contributed by atoms with Gasteiger partial charge in [-0.1, -0.05) is 19.1 Å². The van der Waals surface area contributed by atoms with Crippen LogP contribution in [-0.4, -0.2) is 12.6 Å². The summed E-state index contributed by atoms with van der Waals surface area (Å²) in [5.41, 5.74) is 0.707. The van der Waals surface area contributed by atoms with Gasteiger partial charge in [0.2, 0.25) is 0 Å². The van der Waals surface area contributed by atoms with Gasteiger partial charge >= 0.3 is 0 Å². The summed E-state index contributed by atoms with van der Waals surface area (Å²) in [7, 11) is 0. The molecule has 3 heteroatoms. The molecule has 0 aliphatic heterocycles. The van der Waals surface area contributed by atoms with E-state index in [2.05, 4.69) is 0 Å². The number of hydrogen-bond acceptors (Lipinski definition) is 3. The van der Waals surface area contributed by atoms with Crippen LogP contribution in [0.2, 0.25) is 0 Å². The molecule has 0 unspecified atom stereocenters. The van der Waals surface area contributed by atoms with Crippen molar-refractivity contribution in [2.45, 2.75) is 19.8 Å². The smallest absolute Gasteiger partial charge is 0.119 e. The fraction of sp³-hybridized carbons (Fsp3) is 0.364. The minimum absolute atomic E-state index is 0.0661. The first-order valence-electron chi connectivity index (χ1n) is 4.64. The van der Waals surface area contributed by atoms with E-state index < -0.39 is 5.97 Å². The van der Waals surface area contributed by atoms with Crippen molar-refractivity contribution in [3.63, 3.8) is 0 Å². The zero-order valence-corrected chi connectivity index (χ0v) is 8.16. The van der Waals surface area contributed by atoms with Crippen LogP contribution in [0.5, 0.6) is 5.75 Å².